The third-order valence-electron chi connectivity index (χ3n) is 5.42. The second-order valence-electron chi connectivity index (χ2n) is 8.58. The number of benzene rings is 1. The minimum atomic E-state index is -0.382. The smallest absolute Gasteiger partial charge is 0.311 e. The van der Waals surface area contributed by atoms with Crippen molar-refractivity contribution in [1.82, 2.24) is 6.15 Å². The number of rotatable bonds is 16. The number of hydrogen-bond donors (Lipinski definition) is 1. The SMILES string of the molecule is CCCCCCCCCCCCCCC(C)(C)C(=O)OCc1ccccc1.N. The van der Waals surface area contributed by atoms with Crippen LogP contribution in [-0.2, 0) is 16.1 Å². The zero-order chi connectivity index (χ0) is 19.8. The fourth-order valence-corrected chi connectivity index (χ4v) is 3.43. The zero-order valence-electron chi connectivity index (χ0n) is 18.8. The van der Waals surface area contributed by atoms with Crippen LogP contribution in [0.2, 0.25) is 0 Å². The van der Waals surface area contributed by atoms with Gasteiger partial charge in [-0.25, -0.2) is 0 Å². The molecule has 3 nitrogen and oxygen atoms in total. The van der Waals surface area contributed by atoms with Gasteiger partial charge in [0.25, 0.3) is 0 Å². The van der Waals surface area contributed by atoms with E-state index in [0.717, 1.165) is 18.4 Å². The van der Waals surface area contributed by atoms with Crippen LogP contribution in [0.15, 0.2) is 30.3 Å². The quantitative estimate of drug-likeness (QED) is 0.229. The van der Waals surface area contributed by atoms with Gasteiger partial charge in [0.05, 0.1) is 5.41 Å². The molecule has 1 rings (SSSR count). The van der Waals surface area contributed by atoms with Crippen molar-refractivity contribution in [2.24, 2.45) is 5.41 Å². The average molecular weight is 392 g/mol. The molecule has 0 bridgehead atoms. The molecule has 0 heterocycles. The Kier molecular flexibility index (Phi) is 15.8. The second kappa shape index (κ2) is 16.6. The number of unbranched alkanes of at least 4 members (excludes halogenated alkanes) is 11. The summed E-state index contributed by atoms with van der Waals surface area (Å²) in [6.07, 6.45) is 17.1. The summed E-state index contributed by atoms with van der Waals surface area (Å²) in [5, 5.41) is 0. The monoisotopic (exact) mass is 391 g/mol. The Morgan fingerprint density at radius 1 is 0.786 bits per heavy atom. The number of carbonyl (C=O) groups excluding carboxylic acids is 1. The van der Waals surface area contributed by atoms with E-state index >= 15 is 0 Å². The molecule has 0 aliphatic carbocycles. The van der Waals surface area contributed by atoms with Crippen molar-refractivity contribution in [3.05, 3.63) is 35.9 Å². The summed E-state index contributed by atoms with van der Waals surface area (Å²) in [6.45, 7) is 6.67. The lowest BCUT2D eigenvalue weighted by atomic mass is 9.87. The summed E-state index contributed by atoms with van der Waals surface area (Å²) in [7, 11) is 0. The molecule has 0 saturated carbocycles. The Labute approximate surface area is 174 Å². The summed E-state index contributed by atoms with van der Waals surface area (Å²) in [6, 6.07) is 9.90. The molecule has 0 aliphatic rings. The highest BCUT2D eigenvalue weighted by molar-refractivity contribution is 5.75. The van der Waals surface area contributed by atoms with Crippen LogP contribution in [0.1, 0.15) is 110 Å². The Hall–Kier alpha value is -1.35. The average Bonchev–Trinajstić information content (AvgIpc) is 2.67. The third-order valence-corrected chi connectivity index (χ3v) is 5.42. The standard InChI is InChI=1S/C25H42O2.H3N/c1-4-5-6-7-8-9-10-11-12-13-14-18-21-25(2,3)24(26)27-22-23-19-16-15-17-20-23;/h15-17,19-20H,4-14,18,21-22H2,1-3H3;1H3. The van der Waals surface area contributed by atoms with Gasteiger partial charge in [0.15, 0.2) is 0 Å². The molecule has 1 aromatic carbocycles. The van der Waals surface area contributed by atoms with Crippen LogP contribution in [-0.4, -0.2) is 5.97 Å². The van der Waals surface area contributed by atoms with E-state index in [4.69, 9.17) is 4.74 Å². The van der Waals surface area contributed by atoms with Crippen molar-refractivity contribution in [3.8, 4) is 0 Å². The Morgan fingerprint density at radius 3 is 1.75 bits per heavy atom. The van der Waals surface area contributed by atoms with Crippen molar-refractivity contribution in [2.75, 3.05) is 0 Å². The predicted octanol–water partition coefficient (Wildman–Crippen LogP) is 8.01. The van der Waals surface area contributed by atoms with Crippen molar-refractivity contribution in [3.63, 3.8) is 0 Å². The highest BCUT2D eigenvalue weighted by Gasteiger charge is 2.28. The molecule has 0 spiro atoms. The van der Waals surface area contributed by atoms with Crippen molar-refractivity contribution < 1.29 is 9.53 Å². The number of esters is 1. The van der Waals surface area contributed by atoms with Gasteiger partial charge in [-0.2, -0.15) is 0 Å². The first kappa shape index (κ1) is 26.6. The molecule has 0 amide bonds. The van der Waals surface area contributed by atoms with Crippen LogP contribution in [0.3, 0.4) is 0 Å². The van der Waals surface area contributed by atoms with Gasteiger partial charge in [0.1, 0.15) is 6.61 Å². The van der Waals surface area contributed by atoms with E-state index in [9.17, 15) is 4.79 Å². The fraction of sp³-hybridized carbons (Fsp3) is 0.720. The molecule has 0 aliphatic heterocycles. The van der Waals surface area contributed by atoms with E-state index in [-0.39, 0.29) is 17.5 Å². The number of ether oxygens (including phenoxy) is 1. The number of hydrogen-bond acceptors (Lipinski definition) is 3. The molecular formula is C25H45NO2. The first-order valence-corrected chi connectivity index (χ1v) is 11.3. The maximum atomic E-state index is 12.3. The molecule has 28 heavy (non-hydrogen) atoms. The van der Waals surface area contributed by atoms with Gasteiger partial charge in [-0.1, -0.05) is 114 Å². The summed E-state index contributed by atoms with van der Waals surface area (Å²) in [5.41, 5.74) is 0.666. The topological polar surface area (TPSA) is 61.3 Å². The van der Waals surface area contributed by atoms with Crippen LogP contribution in [0.4, 0.5) is 0 Å². The highest BCUT2D eigenvalue weighted by Crippen LogP contribution is 2.26. The van der Waals surface area contributed by atoms with Crippen LogP contribution < -0.4 is 6.15 Å². The lowest BCUT2D eigenvalue weighted by Gasteiger charge is -2.22. The summed E-state index contributed by atoms with van der Waals surface area (Å²) < 4.78 is 5.51. The summed E-state index contributed by atoms with van der Waals surface area (Å²) in [5.74, 6) is -0.0746. The highest BCUT2D eigenvalue weighted by atomic mass is 16.5. The lowest BCUT2D eigenvalue weighted by molar-refractivity contribution is -0.155. The predicted molar refractivity (Wildman–Crippen MR) is 121 cm³/mol. The van der Waals surface area contributed by atoms with Crippen molar-refractivity contribution in [1.29, 1.82) is 0 Å². The largest absolute Gasteiger partial charge is 0.460 e. The van der Waals surface area contributed by atoms with E-state index in [2.05, 4.69) is 6.92 Å². The molecule has 0 unspecified atom stereocenters. The van der Waals surface area contributed by atoms with Crippen LogP contribution >= 0.6 is 0 Å². The second-order valence-corrected chi connectivity index (χ2v) is 8.58. The van der Waals surface area contributed by atoms with Gasteiger partial charge >= 0.3 is 5.97 Å². The fourth-order valence-electron chi connectivity index (χ4n) is 3.43. The molecule has 3 N–H and O–H groups in total. The van der Waals surface area contributed by atoms with Gasteiger partial charge in [0, 0.05) is 0 Å². The van der Waals surface area contributed by atoms with E-state index in [1.165, 1.54) is 70.6 Å². The molecular weight excluding hydrogens is 346 g/mol. The zero-order valence-corrected chi connectivity index (χ0v) is 18.8. The van der Waals surface area contributed by atoms with Gasteiger partial charge in [-0.05, 0) is 25.8 Å². The minimum Gasteiger partial charge on any atom is -0.460 e. The van der Waals surface area contributed by atoms with E-state index in [1.807, 2.05) is 44.2 Å². The van der Waals surface area contributed by atoms with E-state index < -0.39 is 0 Å². The number of carbonyl (C=O) groups is 1. The molecule has 0 aromatic heterocycles. The molecule has 162 valence electrons. The Balaban J connectivity index is 0.00000729. The van der Waals surface area contributed by atoms with Crippen LogP contribution in [0.25, 0.3) is 0 Å². The van der Waals surface area contributed by atoms with Gasteiger partial charge < -0.3 is 10.9 Å². The molecule has 0 radical (unpaired) electrons. The van der Waals surface area contributed by atoms with Crippen molar-refractivity contribution in [2.45, 2.75) is 111 Å². The maximum absolute atomic E-state index is 12.3. The van der Waals surface area contributed by atoms with Gasteiger partial charge in [-0.15, -0.1) is 0 Å². The Bertz CT molecular complexity index is 485. The molecule has 0 fully saturated rings. The normalized spacial score (nSPS) is 11.1. The molecule has 0 atom stereocenters. The van der Waals surface area contributed by atoms with E-state index in [1.54, 1.807) is 0 Å². The van der Waals surface area contributed by atoms with E-state index in [0.29, 0.717) is 6.61 Å². The van der Waals surface area contributed by atoms with Crippen LogP contribution in [0.5, 0.6) is 0 Å². The lowest BCUT2D eigenvalue weighted by Crippen LogP contribution is -2.26. The van der Waals surface area contributed by atoms with Gasteiger partial charge in [0.2, 0.25) is 0 Å². The maximum Gasteiger partial charge on any atom is 0.311 e. The first-order valence-electron chi connectivity index (χ1n) is 11.3. The Morgan fingerprint density at radius 2 is 1.25 bits per heavy atom. The summed E-state index contributed by atoms with van der Waals surface area (Å²) in [4.78, 5) is 12.3. The third kappa shape index (κ3) is 12.9. The summed E-state index contributed by atoms with van der Waals surface area (Å²) >= 11 is 0. The molecule has 1 aromatic rings. The molecule has 3 heteroatoms. The van der Waals surface area contributed by atoms with Crippen molar-refractivity contribution >= 4 is 5.97 Å². The van der Waals surface area contributed by atoms with Gasteiger partial charge in [-0.3, -0.25) is 4.79 Å². The minimum absolute atomic E-state index is 0. The first-order chi connectivity index (χ1) is 13.1. The van der Waals surface area contributed by atoms with Crippen LogP contribution in [0, 0.1) is 5.41 Å². The molecule has 0 saturated heterocycles.